The van der Waals surface area contributed by atoms with Crippen LogP contribution < -0.4 is 4.74 Å². The smallest absolute Gasteiger partial charge is 0.317 e. The number of halogens is 1. The van der Waals surface area contributed by atoms with Gasteiger partial charge in [-0.25, -0.2) is 4.39 Å². The second-order valence-electron chi connectivity index (χ2n) is 7.24. The number of ether oxygens (including phenoxy) is 2. The maximum atomic E-state index is 13.1. The molecule has 4 nitrogen and oxygen atoms in total. The Kier molecular flexibility index (Phi) is 6.72. The molecule has 0 N–H and O–H groups in total. The third-order valence-corrected chi connectivity index (χ3v) is 3.78. The van der Waals surface area contributed by atoms with E-state index in [0.29, 0.717) is 5.75 Å². The third kappa shape index (κ3) is 6.20. The fourth-order valence-corrected chi connectivity index (χ4v) is 2.67. The minimum absolute atomic E-state index is 0.177. The number of ketones is 1. The van der Waals surface area contributed by atoms with Crippen molar-refractivity contribution in [1.29, 1.82) is 0 Å². The number of hydrogen-bond donors (Lipinski definition) is 0. The van der Waals surface area contributed by atoms with Crippen LogP contribution in [0, 0.1) is 11.7 Å². The van der Waals surface area contributed by atoms with Gasteiger partial charge in [0.25, 0.3) is 0 Å². The van der Waals surface area contributed by atoms with Crippen LogP contribution in [0.2, 0.25) is 0 Å². The van der Waals surface area contributed by atoms with Gasteiger partial charge in [-0.3, -0.25) is 9.59 Å². The molecule has 27 heavy (non-hydrogen) atoms. The molecule has 2 aromatic rings. The van der Waals surface area contributed by atoms with Crippen molar-refractivity contribution < 1.29 is 23.5 Å². The van der Waals surface area contributed by atoms with Gasteiger partial charge in [0.1, 0.15) is 23.1 Å². The third-order valence-electron chi connectivity index (χ3n) is 3.78. The molecule has 0 saturated carbocycles. The van der Waals surface area contributed by atoms with Gasteiger partial charge in [0, 0.05) is 5.56 Å². The molecule has 0 aliphatic carbocycles. The van der Waals surface area contributed by atoms with Gasteiger partial charge in [-0.05, 0) is 76.1 Å². The summed E-state index contributed by atoms with van der Waals surface area (Å²) >= 11 is 0. The van der Waals surface area contributed by atoms with E-state index in [9.17, 15) is 14.0 Å². The van der Waals surface area contributed by atoms with E-state index in [2.05, 4.69) is 0 Å². The van der Waals surface area contributed by atoms with E-state index in [4.69, 9.17) is 9.47 Å². The maximum Gasteiger partial charge on any atom is 0.317 e. The van der Waals surface area contributed by atoms with Gasteiger partial charge in [0.05, 0.1) is 6.61 Å². The van der Waals surface area contributed by atoms with Crippen molar-refractivity contribution in [3.8, 4) is 5.75 Å². The summed E-state index contributed by atoms with van der Waals surface area (Å²) in [5.74, 6) is -1.76. The summed E-state index contributed by atoms with van der Waals surface area (Å²) in [5.41, 5.74) is 0.699. The normalized spacial score (nSPS) is 12.3. The molecule has 1 unspecified atom stereocenters. The van der Waals surface area contributed by atoms with E-state index < -0.39 is 23.5 Å². The largest absolute Gasteiger partial charge is 0.488 e. The molecular weight excluding hydrogens is 347 g/mol. The van der Waals surface area contributed by atoms with Crippen LogP contribution in [0.3, 0.4) is 0 Å². The van der Waals surface area contributed by atoms with Gasteiger partial charge in [-0.2, -0.15) is 0 Å². The van der Waals surface area contributed by atoms with E-state index in [1.807, 2.05) is 45.0 Å². The highest BCUT2D eigenvalue weighted by atomic mass is 19.1. The van der Waals surface area contributed by atoms with E-state index in [1.165, 1.54) is 24.3 Å². The zero-order valence-corrected chi connectivity index (χ0v) is 16.1. The van der Waals surface area contributed by atoms with Crippen LogP contribution in [-0.4, -0.2) is 24.0 Å². The van der Waals surface area contributed by atoms with Gasteiger partial charge >= 0.3 is 5.97 Å². The first-order chi connectivity index (χ1) is 12.7. The summed E-state index contributed by atoms with van der Waals surface area (Å²) in [6.45, 7) is 7.70. The van der Waals surface area contributed by atoms with Gasteiger partial charge in [-0.15, -0.1) is 0 Å². The Hall–Kier alpha value is -2.69. The molecular formula is C22H25FO4. The molecule has 0 amide bonds. The fraction of sp³-hybridized carbons (Fsp3) is 0.364. The Morgan fingerprint density at radius 2 is 1.74 bits per heavy atom. The second-order valence-corrected chi connectivity index (χ2v) is 7.24. The minimum Gasteiger partial charge on any atom is -0.488 e. The molecule has 0 aliphatic rings. The van der Waals surface area contributed by atoms with Gasteiger partial charge in [0.15, 0.2) is 5.78 Å². The molecule has 0 spiro atoms. The number of hydrogen-bond acceptors (Lipinski definition) is 4. The number of Topliss-reactive ketones (excluding diaryl/α,β-unsaturated/α-hetero) is 1. The van der Waals surface area contributed by atoms with Crippen LogP contribution in [0.15, 0.2) is 48.5 Å². The zero-order chi connectivity index (χ0) is 20.0. The van der Waals surface area contributed by atoms with E-state index in [-0.39, 0.29) is 24.2 Å². The van der Waals surface area contributed by atoms with Crippen molar-refractivity contribution >= 4 is 11.8 Å². The average molecular weight is 372 g/mol. The Bertz CT molecular complexity index is 791. The van der Waals surface area contributed by atoms with Crippen LogP contribution in [-0.2, 0) is 16.0 Å². The van der Waals surface area contributed by atoms with Crippen LogP contribution in [0.5, 0.6) is 5.75 Å². The standard InChI is InChI=1S/C22H25FO4/c1-5-26-21(25)19(20(24)16-9-11-17(23)12-10-16)14-15-7-6-8-18(13-15)27-22(2,3)4/h6-13,19H,5,14H2,1-4H3. The van der Waals surface area contributed by atoms with Crippen molar-refractivity contribution in [3.05, 3.63) is 65.5 Å². The van der Waals surface area contributed by atoms with E-state index in [1.54, 1.807) is 6.92 Å². The molecule has 1 atom stereocenters. The lowest BCUT2D eigenvalue weighted by atomic mass is 9.91. The first-order valence-electron chi connectivity index (χ1n) is 8.94. The van der Waals surface area contributed by atoms with Crippen molar-refractivity contribution in [1.82, 2.24) is 0 Å². The molecule has 0 fully saturated rings. The molecule has 0 bridgehead atoms. The minimum atomic E-state index is -1.000. The summed E-state index contributed by atoms with van der Waals surface area (Å²) in [5, 5.41) is 0. The summed E-state index contributed by atoms with van der Waals surface area (Å²) in [4.78, 5) is 25.2. The van der Waals surface area contributed by atoms with Crippen LogP contribution in [0.4, 0.5) is 4.39 Å². The number of esters is 1. The highest BCUT2D eigenvalue weighted by molar-refractivity contribution is 6.08. The highest BCUT2D eigenvalue weighted by Crippen LogP contribution is 2.23. The summed E-state index contributed by atoms with van der Waals surface area (Å²) < 4.78 is 24.1. The average Bonchev–Trinajstić information content (AvgIpc) is 2.59. The maximum absolute atomic E-state index is 13.1. The molecule has 0 aliphatic heterocycles. The zero-order valence-electron chi connectivity index (χ0n) is 16.1. The monoisotopic (exact) mass is 372 g/mol. The molecule has 0 saturated heterocycles. The lowest BCUT2D eigenvalue weighted by molar-refractivity contribution is -0.146. The van der Waals surface area contributed by atoms with E-state index >= 15 is 0 Å². The Labute approximate surface area is 159 Å². The predicted molar refractivity (Wildman–Crippen MR) is 101 cm³/mol. The molecule has 2 aromatic carbocycles. The fourth-order valence-electron chi connectivity index (χ4n) is 2.67. The second kappa shape index (κ2) is 8.80. The van der Waals surface area contributed by atoms with Gasteiger partial charge in [0.2, 0.25) is 0 Å². The van der Waals surface area contributed by atoms with Gasteiger partial charge < -0.3 is 9.47 Å². The van der Waals surface area contributed by atoms with Gasteiger partial charge in [-0.1, -0.05) is 12.1 Å². The molecule has 5 heteroatoms. The highest BCUT2D eigenvalue weighted by Gasteiger charge is 2.29. The van der Waals surface area contributed by atoms with E-state index in [0.717, 1.165) is 5.56 Å². The van der Waals surface area contributed by atoms with Crippen LogP contribution >= 0.6 is 0 Å². The summed E-state index contributed by atoms with van der Waals surface area (Å²) in [7, 11) is 0. The molecule has 0 aromatic heterocycles. The lowest BCUT2D eigenvalue weighted by Gasteiger charge is -2.22. The molecule has 0 radical (unpaired) electrons. The Morgan fingerprint density at radius 1 is 1.07 bits per heavy atom. The topological polar surface area (TPSA) is 52.6 Å². The SMILES string of the molecule is CCOC(=O)C(Cc1cccc(OC(C)(C)C)c1)C(=O)c1ccc(F)cc1. The Balaban J connectivity index is 2.27. The van der Waals surface area contributed by atoms with Crippen LogP contribution in [0.25, 0.3) is 0 Å². The quantitative estimate of drug-likeness (QED) is 0.405. The number of rotatable bonds is 7. The Morgan fingerprint density at radius 3 is 2.33 bits per heavy atom. The van der Waals surface area contributed by atoms with Crippen LogP contribution in [0.1, 0.15) is 43.6 Å². The molecule has 2 rings (SSSR count). The number of carbonyl (C=O) groups is 2. The van der Waals surface area contributed by atoms with Crippen molar-refractivity contribution in [2.45, 2.75) is 39.7 Å². The number of benzene rings is 2. The predicted octanol–water partition coefficient (Wildman–Crippen LogP) is 4.61. The van der Waals surface area contributed by atoms with Crippen molar-refractivity contribution in [3.63, 3.8) is 0 Å². The summed E-state index contributed by atoms with van der Waals surface area (Å²) in [6, 6.07) is 12.5. The number of carbonyl (C=O) groups excluding carboxylic acids is 2. The molecule has 0 heterocycles. The molecule has 144 valence electrons. The summed E-state index contributed by atoms with van der Waals surface area (Å²) in [6.07, 6.45) is 0.177. The van der Waals surface area contributed by atoms with Crippen molar-refractivity contribution in [2.75, 3.05) is 6.61 Å². The lowest BCUT2D eigenvalue weighted by Crippen LogP contribution is -2.28. The van der Waals surface area contributed by atoms with Crippen molar-refractivity contribution in [2.24, 2.45) is 5.92 Å². The first-order valence-corrected chi connectivity index (χ1v) is 8.94. The first kappa shape index (κ1) is 20.6.